The lowest BCUT2D eigenvalue weighted by atomic mass is 9.75. The first-order valence-electron chi connectivity index (χ1n) is 6.62. The number of rotatable bonds is 6. The Labute approximate surface area is 108 Å². The average Bonchev–Trinajstić information content (AvgIpc) is 2.14. The summed E-state index contributed by atoms with van der Waals surface area (Å²) < 4.78 is 0. The van der Waals surface area contributed by atoms with Crippen LogP contribution in [0.3, 0.4) is 0 Å². The minimum Gasteiger partial charge on any atom is -0.299 e. The molecule has 0 unspecified atom stereocenters. The normalized spacial score (nSPS) is 14.2. The van der Waals surface area contributed by atoms with Gasteiger partial charge in [0.1, 0.15) is 5.78 Å². The van der Waals surface area contributed by atoms with Gasteiger partial charge in [0.05, 0.1) is 0 Å². The number of hydrogen-bond donors (Lipinski definition) is 0. The number of carbonyl (C=O) groups is 1. The number of carbonyl (C=O) groups excluding carboxylic acids is 1. The van der Waals surface area contributed by atoms with Gasteiger partial charge in [-0.15, -0.1) is 0 Å². The van der Waals surface area contributed by atoms with Crippen molar-refractivity contribution in [3.05, 3.63) is 0 Å². The summed E-state index contributed by atoms with van der Waals surface area (Å²) in [6.45, 7) is 17.0. The van der Waals surface area contributed by atoms with Crippen LogP contribution < -0.4 is 0 Å². The van der Waals surface area contributed by atoms with Gasteiger partial charge < -0.3 is 0 Å². The van der Waals surface area contributed by atoms with Gasteiger partial charge in [0, 0.05) is 16.5 Å². The first-order valence-corrected chi connectivity index (χ1v) is 6.62. The van der Waals surface area contributed by atoms with Crippen molar-refractivity contribution >= 4 is 5.78 Å². The molecule has 0 radical (unpaired) electrons. The molecule has 0 N–H and O–H groups in total. The summed E-state index contributed by atoms with van der Waals surface area (Å²) in [5.74, 6) is 0.272. The first kappa shape index (κ1) is 16.6. The monoisotopic (exact) mass is 241 g/mol. The van der Waals surface area contributed by atoms with E-state index in [9.17, 15) is 4.79 Å². The molecule has 0 aliphatic heterocycles. The predicted molar refractivity (Wildman–Crippen MR) is 75.3 cm³/mol. The molecule has 0 saturated heterocycles. The second-order valence-corrected chi connectivity index (χ2v) is 7.15. The van der Waals surface area contributed by atoms with E-state index >= 15 is 0 Å². The fourth-order valence-electron chi connectivity index (χ4n) is 2.38. The van der Waals surface area contributed by atoms with Crippen LogP contribution in [0.25, 0.3) is 0 Å². The summed E-state index contributed by atoms with van der Waals surface area (Å²) in [5.41, 5.74) is -0.0629. The predicted octanol–water partition coefficient (Wildman–Crippen LogP) is 3.89. The van der Waals surface area contributed by atoms with Gasteiger partial charge in [0.2, 0.25) is 0 Å². The van der Waals surface area contributed by atoms with E-state index in [4.69, 9.17) is 0 Å². The van der Waals surface area contributed by atoms with E-state index in [0.29, 0.717) is 0 Å². The summed E-state index contributed by atoms with van der Waals surface area (Å²) >= 11 is 0. The minimum atomic E-state index is -0.248. The zero-order valence-electron chi connectivity index (χ0n) is 13.3. The molecule has 2 heteroatoms. The Morgan fingerprint density at radius 1 is 1.00 bits per heavy atom. The van der Waals surface area contributed by atoms with Crippen molar-refractivity contribution in [2.24, 2.45) is 5.41 Å². The summed E-state index contributed by atoms with van der Waals surface area (Å²) in [6, 6.07) is 0. The van der Waals surface area contributed by atoms with Crippen LogP contribution >= 0.6 is 0 Å². The maximum absolute atomic E-state index is 11.7. The highest BCUT2D eigenvalue weighted by Gasteiger charge is 2.39. The van der Waals surface area contributed by atoms with Crippen LogP contribution in [0.5, 0.6) is 0 Å². The number of Topliss-reactive ketones (excluding diaryl/α,β-unsaturated/α-hetero) is 1. The Kier molecular flexibility index (Phi) is 4.98. The van der Waals surface area contributed by atoms with E-state index < -0.39 is 0 Å². The highest BCUT2D eigenvalue weighted by molar-refractivity contribution is 5.81. The molecule has 0 bridgehead atoms. The summed E-state index contributed by atoms with van der Waals surface area (Å²) in [4.78, 5) is 14.1. The van der Waals surface area contributed by atoms with E-state index in [1.807, 2.05) is 13.8 Å². The van der Waals surface area contributed by atoms with Crippen molar-refractivity contribution in [1.82, 2.24) is 4.90 Å². The molecule has 0 atom stereocenters. The summed E-state index contributed by atoms with van der Waals surface area (Å²) in [5, 5.41) is 0. The number of nitrogens with zero attached hydrogens (tertiary/aromatic N) is 1. The van der Waals surface area contributed by atoms with Crippen LogP contribution in [-0.2, 0) is 4.79 Å². The van der Waals surface area contributed by atoms with Gasteiger partial charge in [0.25, 0.3) is 0 Å². The van der Waals surface area contributed by atoms with Crippen molar-refractivity contribution in [3.8, 4) is 0 Å². The van der Waals surface area contributed by atoms with Crippen LogP contribution in [0.15, 0.2) is 0 Å². The first-order chi connectivity index (χ1) is 7.37. The van der Waals surface area contributed by atoms with Gasteiger partial charge in [-0.05, 0) is 54.5 Å². The molecule has 0 amide bonds. The Balaban J connectivity index is 4.98. The molecule has 0 aliphatic carbocycles. The van der Waals surface area contributed by atoms with Crippen LogP contribution in [0.2, 0.25) is 0 Å². The van der Waals surface area contributed by atoms with E-state index in [1.54, 1.807) is 6.92 Å². The molecule has 0 heterocycles. The number of ketones is 1. The second kappa shape index (κ2) is 5.09. The van der Waals surface area contributed by atoms with Gasteiger partial charge >= 0.3 is 0 Å². The largest absolute Gasteiger partial charge is 0.299 e. The lowest BCUT2D eigenvalue weighted by Gasteiger charge is -2.48. The smallest absolute Gasteiger partial charge is 0.135 e. The van der Waals surface area contributed by atoms with Gasteiger partial charge in [-0.2, -0.15) is 0 Å². The van der Waals surface area contributed by atoms with Crippen molar-refractivity contribution < 1.29 is 4.79 Å². The molecule has 0 aromatic rings. The SMILES string of the molecule is CCC(C)(C)N(C)C(C)(C)CC(C)(C)C(C)=O. The molecule has 0 rings (SSSR count). The minimum absolute atomic E-state index is 0.0225. The molecule has 0 saturated carbocycles. The van der Waals surface area contributed by atoms with Gasteiger partial charge in [0.15, 0.2) is 0 Å². The van der Waals surface area contributed by atoms with E-state index in [-0.39, 0.29) is 22.3 Å². The zero-order chi connectivity index (χ0) is 14.1. The van der Waals surface area contributed by atoms with Crippen LogP contribution in [0, 0.1) is 5.41 Å². The molecule has 0 aromatic heterocycles. The topological polar surface area (TPSA) is 20.3 Å². The molecule has 0 fully saturated rings. The molecular weight excluding hydrogens is 210 g/mol. The van der Waals surface area contributed by atoms with Crippen molar-refractivity contribution in [3.63, 3.8) is 0 Å². The fourth-order valence-corrected chi connectivity index (χ4v) is 2.38. The van der Waals surface area contributed by atoms with Gasteiger partial charge in [-0.3, -0.25) is 9.69 Å². The van der Waals surface area contributed by atoms with E-state index in [2.05, 4.69) is 46.6 Å². The van der Waals surface area contributed by atoms with Crippen molar-refractivity contribution in [1.29, 1.82) is 0 Å². The lowest BCUT2D eigenvalue weighted by Crippen LogP contribution is -2.54. The summed E-state index contributed by atoms with van der Waals surface area (Å²) in [7, 11) is 2.17. The maximum Gasteiger partial charge on any atom is 0.135 e. The quantitative estimate of drug-likeness (QED) is 0.703. The van der Waals surface area contributed by atoms with Crippen LogP contribution in [-0.4, -0.2) is 28.8 Å². The van der Waals surface area contributed by atoms with Gasteiger partial charge in [-0.25, -0.2) is 0 Å². The molecule has 2 nitrogen and oxygen atoms in total. The van der Waals surface area contributed by atoms with Crippen LogP contribution in [0.1, 0.15) is 68.2 Å². The highest BCUT2D eigenvalue weighted by Crippen LogP contribution is 2.35. The molecule has 0 aliphatic rings. The third-order valence-corrected chi connectivity index (χ3v) is 4.51. The average molecular weight is 241 g/mol. The highest BCUT2D eigenvalue weighted by atomic mass is 16.1. The lowest BCUT2D eigenvalue weighted by molar-refractivity contribution is -0.127. The number of hydrogen-bond acceptors (Lipinski definition) is 2. The van der Waals surface area contributed by atoms with Crippen molar-refractivity contribution in [2.75, 3.05) is 7.05 Å². The fraction of sp³-hybridized carbons (Fsp3) is 0.933. The zero-order valence-corrected chi connectivity index (χ0v) is 13.3. The standard InChI is InChI=1S/C15H31NO/c1-10-14(5,6)16(9)15(7,8)11-13(3,4)12(2)17/h10-11H2,1-9H3. The van der Waals surface area contributed by atoms with Gasteiger partial charge in [-0.1, -0.05) is 20.8 Å². The Bertz CT molecular complexity index is 277. The van der Waals surface area contributed by atoms with E-state index in [1.165, 1.54) is 0 Å². The Morgan fingerprint density at radius 3 is 1.71 bits per heavy atom. The van der Waals surface area contributed by atoms with Crippen LogP contribution in [0.4, 0.5) is 0 Å². The maximum atomic E-state index is 11.7. The molecule has 0 aromatic carbocycles. The Morgan fingerprint density at radius 2 is 1.41 bits per heavy atom. The third-order valence-electron chi connectivity index (χ3n) is 4.51. The second-order valence-electron chi connectivity index (χ2n) is 7.15. The molecule has 102 valence electrons. The molecular formula is C15H31NO. The van der Waals surface area contributed by atoms with Crippen molar-refractivity contribution in [2.45, 2.75) is 79.3 Å². The summed E-state index contributed by atoms with van der Waals surface area (Å²) in [6.07, 6.45) is 1.99. The molecule has 17 heavy (non-hydrogen) atoms. The Hall–Kier alpha value is -0.370. The molecule has 0 spiro atoms. The third kappa shape index (κ3) is 4.09. The van der Waals surface area contributed by atoms with E-state index in [0.717, 1.165) is 12.8 Å².